The molecule has 1 atom stereocenters. The predicted octanol–water partition coefficient (Wildman–Crippen LogP) is 13.0. The fraction of sp³-hybridized carbons (Fsp3) is 0.0417. The fourth-order valence-corrected chi connectivity index (χ4v) is 8.13. The Labute approximate surface area is 286 Å². The molecular formula is C48H32. The van der Waals surface area contributed by atoms with E-state index in [-0.39, 0.29) is 24.2 Å². The largest absolute Gasteiger partial charge is 0.0629 e. The number of hydrogen-bond donors (Lipinski definition) is 0. The molecule has 0 saturated carbocycles. The van der Waals surface area contributed by atoms with Crippen molar-refractivity contribution in [1.82, 2.24) is 0 Å². The van der Waals surface area contributed by atoms with Gasteiger partial charge in [0.2, 0.25) is 0 Å². The van der Waals surface area contributed by atoms with Crippen LogP contribution in [-0.2, 0) is 5.41 Å². The summed E-state index contributed by atoms with van der Waals surface area (Å²) in [5.41, 5.74) is 7.33. The highest BCUT2D eigenvalue weighted by atomic mass is 14.4. The first-order chi connectivity index (χ1) is 25.3. The van der Waals surface area contributed by atoms with Crippen molar-refractivity contribution >= 4 is 43.1 Å². The van der Waals surface area contributed by atoms with Crippen LogP contribution < -0.4 is 0 Å². The number of benzene rings is 9. The maximum absolute atomic E-state index is 9.40. The van der Waals surface area contributed by atoms with Crippen LogP contribution in [0.2, 0.25) is 0 Å². The van der Waals surface area contributed by atoms with Crippen molar-refractivity contribution in [3.8, 4) is 33.4 Å². The van der Waals surface area contributed by atoms with Crippen molar-refractivity contribution in [1.29, 1.82) is 0 Å². The standard InChI is InChI=1S/C48H32/c1-48(38-13-3-2-4-14-38)45-27-25-33-11-6-8-16-41(33)47(45)42-26-24-35(30-46(42)48)31-18-20-34(21-19-31)40-17-9-12-36-28-44-37(29-43(36)40)23-22-32-10-5-7-15-39(32)44/h2-30H,1H3/i18D,19D,20D,21D. The van der Waals surface area contributed by atoms with Gasteiger partial charge in [-0.15, -0.1) is 0 Å². The molecule has 0 heterocycles. The highest BCUT2D eigenvalue weighted by Crippen LogP contribution is 2.55. The van der Waals surface area contributed by atoms with E-state index in [0.717, 1.165) is 38.2 Å². The Morgan fingerprint density at radius 1 is 0.396 bits per heavy atom. The second kappa shape index (κ2) is 10.3. The molecule has 1 aliphatic carbocycles. The molecule has 0 saturated heterocycles. The molecule has 48 heavy (non-hydrogen) atoms. The van der Waals surface area contributed by atoms with Gasteiger partial charge in [-0.2, -0.15) is 0 Å². The molecule has 1 unspecified atom stereocenters. The SMILES string of the molecule is [2H]c1c([2H])c(-c2cccc3cc4c(ccc5ccccc54)cc23)c([2H])c([2H])c1-c1ccc2c(c1)C(C)(c1ccccc1)c1ccc3ccccc3c1-2. The van der Waals surface area contributed by atoms with Crippen molar-refractivity contribution in [3.05, 3.63) is 193 Å². The second-order valence-electron chi connectivity index (χ2n) is 13.1. The normalized spacial score (nSPS) is 16.4. The van der Waals surface area contributed by atoms with E-state index in [9.17, 15) is 5.48 Å². The second-order valence-corrected chi connectivity index (χ2v) is 13.1. The molecule has 0 N–H and O–H groups in total. The maximum atomic E-state index is 9.40. The molecule has 224 valence electrons. The third kappa shape index (κ3) is 3.90. The zero-order valence-electron chi connectivity index (χ0n) is 30.4. The van der Waals surface area contributed by atoms with Gasteiger partial charge in [0.05, 0.1) is 5.48 Å². The lowest BCUT2D eigenvalue weighted by molar-refractivity contribution is 0.714. The lowest BCUT2D eigenvalue weighted by Crippen LogP contribution is -2.22. The van der Waals surface area contributed by atoms with Gasteiger partial charge >= 0.3 is 0 Å². The summed E-state index contributed by atoms with van der Waals surface area (Å²) >= 11 is 0. The van der Waals surface area contributed by atoms with Gasteiger partial charge < -0.3 is 0 Å². The van der Waals surface area contributed by atoms with Gasteiger partial charge in [0, 0.05) is 5.41 Å². The first-order valence-corrected chi connectivity index (χ1v) is 16.5. The molecule has 0 heteroatoms. The first-order valence-electron chi connectivity index (χ1n) is 18.5. The van der Waals surface area contributed by atoms with E-state index in [2.05, 4.69) is 128 Å². The fourth-order valence-electron chi connectivity index (χ4n) is 8.13. The first kappa shape index (κ1) is 23.4. The van der Waals surface area contributed by atoms with Crippen LogP contribution in [0.5, 0.6) is 0 Å². The molecule has 10 rings (SSSR count). The van der Waals surface area contributed by atoms with Crippen molar-refractivity contribution in [2.75, 3.05) is 0 Å². The number of fused-ring (bicyclic) bond motifs is 9. The highest BCUT2D eigenvalue weighted by Gasteiger charge is 2.41. The molecule has 0 bridgehead atoms. The maximum Gasteiger partial charge on any atom is 0.0629 e. The Morgan fingerprint density at radius 3 is 1.85 bits per heavy atom. The summed E-state index contributed by atoms with van der Waals surface area (Å²) in [6.07, 6.45) is 0. The van der Waals surface area contributed by atoms with Gasteiger partial charge in [0.15, 0.2) is 0 Å². The van der Waals surface area contributed by atoms with E-state index in [1.807, 2.05) is 30.3 Å². The van der Waals surface area contributed by atoms with E-state index < -0.39 is 5.41 Å². The Balaban J connectivity index is 1.18. The van der Waals surface area contributed by atoms with Crippen molar-refractivity contribution < 1.29 is 5.48 Å². The third-order valence-electron chi connectivity index (χ3n) is 10.6. The van der Waals surface area contributed by atoms with Crippen LogP contribution in [-0.4, -0.2) is 0 Å². The minimum absolute atomic E-state index is 0.0392. The summed E-state index contributed by atoms with van der Waals surface area (Å²) in [6.45, 7) is 2.26. The molecule has 0 fully saturated rings. The Hall–Kier alpha value is -5.98. The van der Waals surface area contributed by atoms with Crippen LogP contribution in [0.4, 0.5) is 0 Å². The Kier molecular flexibility index (Phi) is 4.99. The molecule has 9 aromatic rings. The molecule has 1 aliphatic rings. The van der Waals surface area contributed by atoms with Crippen LogP contribution in [0, 0.1) is 0 Å². The predicted molar refractivity (Wildman–Crippen MR) is 205 cm³/mol. The monoisotopic (exact) mass is 612 g/mol. The average Bonchev–Trinajstić information content (AvgIpc) is 3.45. The third-order valence-corrected chi connectivity index (χ3v) is 10.6. The summed E-state index contributed by atoms with van der Waals surface area (Å²) in [4.78, 5) is 0. The van der Waals surface area contributed by atoms with Crippen LogP contribution in [0.3, 0.4) is 0 Å². The zero-order valence-corrected chi connectivity index (χ0v) is 26.4. The van der Waals surface area contributed by atoms with Crippen molar-refractivity contribution in [2.45, 2.75) is 12.3 Å². The molecule has 0 radical (unpaired) electrons. The van der Waals surface area contributed by atoms with E-state index in [1.54, 1.807) is 0 Å². The molecule has 0 aromatic heterocycles. The van der Waals surface area contributed by atoms with Crippen molar-refractivity contribution in [3.63, 3.8) is 0 Å². The van der Waals surface area contributed by atoms with Crippen molar-refractivity contribution in [2.24, 2.45) is 0 Å². The highest BCUT2D eigenvalue weighted by molar-refractivity contribution is 6.14. The molecular weight excluding hydrogens is 577 g/mol. The minimum Gasteiger partial charge on any atom is -0.0622 e. The summed E-state index contributed by atoms with van der Waals surface area (Å²) in [5, 5.41) is 8.83. The van der Waals surface area contributed by atoms with Gasteiger partial charge in [-0.1, -0.05) is 158 Å². The van der Waals surface area contributed by atoms with Gasteiger partial charge in [0.1, 0.15) is 0 Å². The van der Waals surface area contributed by atoms with E-state index in [0.29, 0.717) is 22.3 Å². The smallest absolute Gasteiger partial charge is 0.0622 e. The number of rotatable bonds is 3. The summed E-state index contributed by atoms with van der Waals surface area (Å²) in [6, 6.07) is 52.3. The van der Waals surface area contributed by atoms with Crippen LogP contribution in [0.1, 0.15) is 29.1 Å². The van der Waals surface area contributed by atoms with Gasteiger partial charge in [-0.05, 0) is 118 Å². The van der Waals surface area contributed by atoms with Crippen LogP contribution >= 0.6 is 0 Å². The molecule has 0 amide bonds. The van der Waals surface area contributed by atoms with Crippen LogP contribution in [0.15, 0.2) is 176 Å². The molecule has 9 aromatic carbocycles. The van der Waals surface area contributed by atoms with E-state index in [4.69, 9.17) is 0 Å². The number of hydrogen-bond acceptors (Lipinski definition) is 0. The Bertz CT molecular complexity index is 2930. The molecule has 0 spiro atoms. The van der Waals surface area contributed by atoms with Gasteiger partial charge in [0.25, 0.3) is 0 Å². The molecule has 0 aliphatic heterocycles. The van der Waals surface area contributed by atoms with E-state index >= 15 is 0 Å². The van der Waals surface area contributed by atoms with Crippen LogP contribution in [0.25, 0.3) is 76.5 Å². The minimum atomic E-state index is -0.485. The molecule has 0 nitrogen and oxygen atoms in total. The van der Waals surface area contributed by atoms with Gasteiger partial charge in [-0.3, -0.25) is 0 Å². The van der Waals surface area contributed by atoms with Gasteiger partial charge in [-0.25, -0.2) is 0 Å². The summed E-state index contributed by atoms with van der Waals surface area (Å²) in [7, 11) is 0. The quantitative estimate of drug-likeness (QED) is 0.138. The Morgan fingerprint density at radius 2 is 1.02 bits per heavy atom. The summed E-state index contributed by atoms with van der Waals surface area (Å²) in [5.74, 6) is 0. The summed E-state index contributed by atoms with van der Waals surface area (Å²) < 4.78 is 37.5. The zero-order chi connectivity index (χ0) is 35.3. The topological polar surface area (TPSA) is 0 Å². The van der Waals surface area contributed by atoms with E-state index in [1.165, 1.54) is 32.7 Å². The average molecular weight is 613 g/mol. The lowest BCUT2D eigenvalue weighted by Gasteiger charge is -2.28. The lowest BCUT2D eigenvalue weighted by atomic mass is 9.73.